The molecular formula is C36H39FN4O2Si. The maximum Gasteiger partial charge on any atom is 0.196 e. The molecular weight excluding hydrogens is 568 g/mol. The van der Waals surface area contributed by atoms with E-state index in [2.05, 4.69) is 43.8 Å². The summed E-state index contributed by atoms with van der Waals surface area (Å²) in [7, 11) is -2.07. The molecule has 3 heterocycles. The summed E-state index contributed by atoms with van der Waals surface area (Å²) in [5, 5.41) is 0.470. The van der Waals surface area contributed by atoms with E-state index < -0.39 is 19.7 Å². The van der Waals surface area contributed by atoms with Gasteiger partial charge in [-0.15, -0.1) is 0 Å². The van der Waals surface area contributed by atoms with Crippen LogP contribution in [0.5, 0.6) is 0 Å². The van der Waals surface area contributed by atoms with Gasteiger partial charge in [0.05, 0.1) is 41.5 Å². The molecule has 3 aromatic heterocycles. The molecule has 0 N–H and O–H groups in total. The van der Waals surface area contributed by atoms with Crippen LogP contribution in [0.2, 0.25) is 18.1 Å². The second-order valence-corrected chi connectivity index (χ2v) is 18.1. The lowest BCUT2D eigenvalue weighted by Crippen LogP contribution is -2.45. The molecule has 6 nitrogen and oxygen atoms in total. The lowest BCUT2D eigenvalue weighted by molar-refractivity contribution is 0.103. The Bertz CT molecular complexity index is 1780. The fourth-order valence-corrected chi connectivity index (χ4v) is 5.97. The normalized spacial score (nSPS) is 12.4. The Hall–Kier alpha value is -4.27. The molecule has 5 aromatic rings. The highest BCUT2D eigenvalue weighted by atomic mass is 28.4. The molecule has 0 unspecified atom stereocenters. The van der Waals surface area contributed by atoms with Crippen LogP contribution in [0.4, 0.5) is 10.1 Å². The van der Waals surface area contributed by atoms with E-state index in [1.54, 1.807) is 24.7 Å². The van der Waals surface area contributed by atoms with E-state index in [9.17, 15) is 4.79 Å². The summed E-state index contributed by atoms with van der Waals surface area (Å²) in [6.07, 6.45) is 7.61. The molecule has 0 spiro atoms. The number of ketones is 1. The van der Waals surface area contributed by atoms with Gasteiger partial charge in [-0.2, -0.15) is 0 Å². The molecule has 5 rings (SSSR count). The van der Waals surface area contributed by atoms with Gasteiger partial charge in [-0.3, -0.25) is 14.8 Å². The van der Waals surface area contributed by atoms with Crippen LogP contribution in [0, 0.1) is 5.82 Å². The van der Waals surface area contributed by atoms with Crippen molar-refractivity contribution in [2.24, 2.45) is 4.99 Å². The average Bonchev–Trinajstić information content (AvgIpc) is 3.41. The highest BCUT2D eigenvalue weighted by Crippen LogP contribution is 2.38. The van der Waals surface area contributed by atoms with Gasteiger partial charge in [0.15, 0.2) is 19.9 Å². The largest absolute Gasteiger partial charge is 0.414 e. The number of halogens is 1. The summed E-state index contributed by atoms with van der Waals surface area (Å²) >= 11 is 0. The Morgan fingerprint density at radius 3 is 2.05 bits per heavy atom. The van der Waals surface area contributed by atoms with Gasteiger partial charge in [0.2, 0.25) is 0 Å². The van der Waals surface area contributed by atoms with Crippen molar-refractivity contribution in [2.75, 3.05) is 6.61 Å². The number of fused-ring (bicyclic) bond motifs is 1. The zero-order valence-electron chi connectivity index (χ0n) is 26.4. The van der Waals surface area contributed by atoms with Crippen molar-refractivity contribution >= 4 is 36.4 Å². The van der Waals surface area contributed by atoms with Crippen LogP contribution in [0.3, 0.4) is 0 Å². The van der Waals surface area contributed by atoms with Crippen LogP contribution >= 0.6 is 0 Å². The summed E-state index contributed by atoms with van der Waals surface area (Å²) in [6.45, 7) is 15.3. The Labute approximate surface area is 259 Å². The topological polar surface area (TPSA) is 69.4 Å². The number of carbonyl (C=O) groups excluding carboxylic acids is 1. The number of benzene rings is 2. The van der Waals surface area contributed by atoms with E-state index >= 15 is 4.39 Å². The number of aromatic nitrogens is 3. The van der Waals surface area contributed by atoms with Crippen LogP contribution < -0.4 is 0 Å². The number of pyridine rings is 2. The summed E-state index contributed by atoms with van der Waals surface area (Å²) < 4.78 is 23.8. The number of carbonyl (C=O) groups is 1. The van der Waals surface area contributed by atoms with Gasteiger partial charge in [0.25, 0.3) is 0 Å². The molecule has 2 aromatic carbocycles. The van der Waals surface area contributed by atoms with Crippen LogP contribution in [0.15, 0.2) is 103 Å². The van der Waals surface area contributed by atoms with Gasteiger partial charge in [0, 0.05) is 46.2 Å². The lowest BCUT2D eigenvalue weighted by Gasteiger charge is -2.39. The molecule has 0 saturated heterocycles. The Morgan fingerprint density at radius 1 is 0.864 bits per heavy atom. The first kappa shape index (κ1) is 31.2. The first-order chi connectivity index (χ1) is 20.8. The smallest absolute Gasteiger partial charge is 0.196 e. The fourth-order valence-electron chi connectivity index (χ4n) is 4.82. The number of hydrogen-bond acceptors (Lipinski definition) is 5. The molecule has 0 atom stereocenters. The van der Waals surface area contributed by atoms with E-state index in [4.69, 9.17) is 9.42 Å². The first-order valence-corrected chi connectivity index (χ1v) is 17.7. The van der Waals surface area contributed by atoms with Crippen molar-refractivity contribution < 1.29 is 13.6 Å². The minimum atomic E-state index is -2.07. The quantitative estimate of drug-likeness (QED) is 0.0956. The van der Waals surface area contributed by atoms with E-state index in [1.165, 1.54) is 12.4 Å². The van der Waals surface area contributed by atoms with E-state index in [0.29, 0.717) is 34.3 Å². The number of nitrogens with zero attached hydrogens (tertiary/aromatic N) is 4. The van der Waals surface area contributed by atoms with Crippen LogP contribution in [-0.2, 0) is 9.96 Å². The molecule has 0 amide bonds. The number of aliphatic imine (C=N–C) groups is 1. The predicted molar refractivity (Wildman–Crippen MR) is 178 cm³/mol. The second-order valence-electron chi connectivity index (χ2n) is 13.2. The summed E-state index contributed by atoms with van der Waals surface area (Å²) in [6, 6.07) is 21.5. The Balaban J connectivity index is 1.55. The van der Waals surface area contributed by atoms with Crippen molar-refractivity contribution in [3.8, 4) is 0 Å². The SMILES string of the molecule is CC(C)(CO[Si](C)(C)C(C)(C)C)n1cc(C(=O)c2cncc(N=C(c3ccccc3)c3ccccc3)c2)c2cncc(F)c21. The van der Waals surface area contributed by atoms with Crippen molar-refractivity contribution in [1.82, 2.24) is 14.5 Å². The molecule has 0 radical (unpaired) electrons. The minimum Gasteiger partial charge on any atom is -0.414 e. The zero-order chi connectivity index (χ0) is 31.7. The Morgan fingerprint density at radius 2 is 1.45 bits per heavy atom. The van der Waals surface area contributed by atoms with E-state index in [0.717, 1.165) is 16.8 Å². The Kier molecular flexibility index (Phi) is 8.51. The molecule has 0 aliphatic heterocycles. The van der Waals surface area contributed by atoms with Crippen molar-refractivity contribution in [3.05, 3.63) is 126 Å². The van der Waals surface area contributed by atoms with Gasteiger partial charge < -0.3 is 8.99 Å². The third-order valence-electron chi connectivity index (χ3n) is 8.47. The average molecular weight is 607 g/mol. The number of rotatable bonds is 9. The summed E-state index contributed by atoms with van der Waals surface area (Å²) in [5.74, 6) is -0.776. The monoisotopic (exact) mass is 606 g/mol. The summed E-state index contributed by atoms with van der Waals surface area (Å²) in [5.41, 5.74) is 3.58. The highest BCUT2D eigenvalue weighted by molar-refractivity contribution is 6.74. The van der Waals surface area contributed by atoms with Crippen molar-refractivity contribution in [3.63, 3.8) is 0 Å². The second kappa shape index (κ2) is 12.0. The maximum absolute atomic E-state index is 15.4. The standard InChI is InChI=1S/C36H39FN4O2Si/c1-35(2,3)44(6,7)43-24-36(4,5)41-23-30(29-21-39-22-31(37)33(29)41)34(42)27-18-28(20-38-19-27)40-32(25-14-10-8-11-15-25)26-16-12-9-13-17-26/h8-23H,24H2,1-7H3. The minimum absolute atomic E-state index is 0.0273. The molecule has 226 valence electrons. The van der Waals surface area contributed by atoms with Crippen LogP contribution in [-0.4, -0.2) is 41.0 Å². The van der Waals surface area contributed by atoms with Gasteiger partial charge in [-0.1, -0.05) is 81.4 Å². The van der Waals surface area contributed by atoms with Crippen molar-refractivity contribution in [1.29, 1.82) is 0 Å². The third-order valence-corrected chi connectivity index (χ3v) is 13.0. The third kappa shape index (κ3) is 6.32. The van der Waals surface area contributed by atoms with Crippen molar-refractivity contribution in [2.45, 2.75) is 58.3 Å². The van der Waals surface area contributed by atoms with Gasteiger partial charge in [-0.05, 0) is 38.0 Å². The van der Waals surface area contributed by atoms with Crippen LogP contribution in [0.25, 0.3) is 10.9 Å². The van der Waals surface area contributed by atoms with Gasteiger partial charge in [0.1, 0.15) is 0 Å². The van der Waals surface area contributed by atoms with Gasteiger partial charge >= 0.3 is 0 Å². The number of hydrogen-bond donors (Lipinski definition) is 0. The molecule has 0 saturated carbocycles. The maximum atomic E-state index is 15.4. The summed E-state index contributed by atoms with van der Waals surface area (Å²) in [4.78, 5) is 27.4. The van der Waals surface area contributed by atoms with Crippen LogP contribution in [0.1, 0.15) is 61.7 Å². The fraction of sp³-hybridized carbons (Fsp3) is 0.278. The molecule has 44 heavy (non-hydrogen) atoms. The zero-order valence-corrected chi connectivity index (χ0v) is 27.4. The first-order valence-electron chi connectivity index (χ1n) is 14.8. The highest BCUT2D eigenvalue weighted by Gasteiger charge is 2.39. The van der Waals surface area contributed by atoms with E-state index in [-0.39, 0.29) is 10.8 Å². The lowest BCUT2D eigenvalue weighted by atomic mass is 10.0. The molecule has 8 heteroatoms. The molecule has 0 fully saturated rings. The predicted octanol–water partition coefficient (Wildman–Crippen LogP) is 8.73. The molecule has 0 aliphatic rings. The van der Waals surface area contributed by atoms with Gasteiger partial charge in [-0.25, -0.2) is 9.38 Å². The molecule has 0 bridgehead atoms. The molecule has 0 aliphatic carbocycles. The van der Waals surface area contributed by atoms with E-state index in [1.807, 2.05) is 79.1 Å².